The number of aliphatic imine (C=N–C) groups is 1. The fourth-order valence-electron chi connectivity index (χ4n) is 5.21. The first-order valence-electron chi connectivity index (χ1n) is 14.7. The molecule has 0 aromatic heterocycles. The number of aliphatic hydroxyl groups excluding tert-OH is 1. The van der Waals surface area contributed by atoms with E-state index < -0.39 is 29.2 Å². The maximum atomic E-state index is 14.4. The number of carbonyl (C=O) groups is 1. The SMILES string of the molecule is [N-]=[N+]=NCc1ccccc1C[C@]1(C(=O)NNCc2ccc(F)c(F)c2)N=C(c2ccc(OCCCO)cc2)O[C@H]1c1ccccc1Br. The Morgan fingerprint density at radius 3 is 2.51 bits per heavy atom. The second-order valence-electron chi connectivity index (χ2n) is 10.7. The van der Waals surface area contributed by atoms with E-state index in [0.29, 0.717) is 51.1 Å². The molecule has 4 aromatic rings. The van der Waals surface area contributed by atoms with Gasteiger partial charge in [0.05, 0.1) is 13.2 Å². The number of azide groups is 1. The Morgan fingerprint density at radius 1 is 1.04 bits per heavy atom. The van der Waals surface area contributed by atoms with Crippen LogP contribution in [0.5, 0.6) is 5.75 Å². The maximum Gasteiger partial charge on any atom is 0.266 e. The molecule has 0 spiro atoms. The summed E-state index contributed by atoms with van der Waals surface area (Å²) < 4.78 is 40.3. The van der Waals surface area contributed by atoms with Crippen molar-refractivity contribution in [3.05, 3.63) is 145 Å². The summed E-state index contributed by atoms with van der Waals surface area (Å²) in [5.74, 6) is -1.70. The molecular weight excluding hydrogens is 674 g/mol. The van der Waals surface area contributed by atoms with Crippen molar-refractivity contribution < 1.29 is 28.2 Å². The van der Waals surface area contributed by atoms with Gasteiger partial charge in [-0.1, -0.05) is 69.6 Å². The molecule has 10 nitrogen and oxygen atoms in total. The van der Waals surface area contributed by atoms with Crippen LogP contribution in [0.15, 0.2) is 106 Å². The van der Waals surface area contributed by atoms with Crippen molar-refractivity contribution in [1.82, 2.24) is 10.9 Å². The lowest BCUT2D eigenvalue weighted by atomic mass is 9.81. The minimum atomic E-state index is -1.59. The standard InChI is InChI=1S/C34H31BrF2N6O4/c35-28-9-4-3-8-27(28)31-34(19-24-6-1-2-7-25(24)21-40-43-38,33(45)42-39-20-22-10-15-29(36)30(37)18-22)41-32(47-31)23-11-13-26(14-12-23)46-17-5-16-44/h1-4,6-15,18,31,39,44H,5,16-17,19-21H2,(H,42,45)/t31-,34-/m0/s1. The number of halogens is 3. The summed E-state index contributed by atoms with van der Waals surface area (Å²) in [4.78, 5) is 22.3. The van der Waals surface area contributed by atoms with E-state index in [-0.39, 0.29) is 32.0 Å². The van der Waals surface area contributed by atoms with E-state index in [4.69, 9.17) is 25.1 Å². The van der Waals surface area contributed by atoms with Crippen molar-refractivity contribution in [1.29, 1.82) is 0 Å². The van der Waals surface area contributed by atoms with Gasteiger partial charge in [0, 0.05) is 46.5 Å². The fraction of sp³-hybridized carbons (Fsp3) is 0.235. The van der Waals surface area contributed by atoms with Gasteiger partial charge < -0.3 is 14.6 Å². The first kappa shape index (κ1) is 33.6. The van der Waals surface area contributed by atoms with Crippen LogP contribution in [0.2, 0.25) is 0 Å². The van der Waals surface area contributed by atoms with Crippen LogP contribution in [0.4, 0.5) is 8.78 Å². The van der Waals surface area contributed by atoms with Crippen LogP contribution < -0.4 is 15.6 Å². The van der Waals surface area contributed by atoms with Gasteiger partial charge in [0.1, 0.15) is 5.75 Å². The molecular formula is C34H31BrF2N6O4. The van der Waals surface area contributed by atoms with Crippen LogP contribution >= 0.6 is 15.9 Å². The van der Waals surface area contributed by atoms with Gasteiger partial charge in [-0.15, -0.1) is 0 Å². The molecule has 0 unspecified atom stereocenters. The van der Waals surface area contributed by atoms with Crippen molar-refractivity contribution >= 4 is 27.7 Å². The largest absolute Gasteiger partial charge is 0.494 e. The maximum absolute atomic E-state index is 14.4. The molecule has 3 N–H and O–H groups in total. The highest BCUT2D eigenvalue weighted by Gasteiger charge is 2.54. The Bertz CT molecular complexity index is 1800. The second-order valence-corrected chi connectivity index (χ2v) is 11.6. The molecule has 0 aliphatic carbocycles. The van der Waals surface area contributed by atoms with Gasteiger partial charge in [-0.2, -0.15) is 0 Å². The summed E-state index contributed by atoms with van der Waals surface area (Å²) in [6.45, 7) is 0.438. The number of ether oxygens (including phenoxy) is 2. The predicted molar refractivity (Wildman–Crippen MR) is 175 cm³/mol. The van der Waals surface area contributed by atoms with Crippen LogP contribution in [-0.2, 0) is 29.0 Å². The van der Waals surface area contributed by atoms with E-state index in [1.807, 2.05) is 48.5 Å². The molecule has 1 aliphatic heterocycles. The minimum Gasteiger partial charge on any atom is -0.494 e. The summed E-state index contributed by atoms with van der Waals surface area (Å²) in [6.07, 6.45) is -0.374. The quantitative estimate of drug-likeness (QED) is 0.0445. The van der Waals surface area contributed by atoms with E-state index in [0.717, 1.165) is 12.1 Å². The third-order valence-electron chi connectivity index (χ3n) is 7.58. The molecule has 5 rings (SSSR count). The lowest BCUT2D eigenvalue weighted by Crippen LogP contribution is -2.53. The number of rotatable bonds is 14. The van der Waals surface area contributed by atoms with E-state index in [1.165, 1.54) is 6.07 Å². The highest BCUT2D eigenvalue weighted by Crippen LogP contribution is 2.45. The molecule has 13 heteroatoms. The number of hydrogen-bond donors (Lipinski definition) is 3. The first-order chi connectivity index (χ1) is 22.8. The van der Waals surface area contributed by atoms with Crippen molar-refractivity contribution in [2.45, 2.75) is 37.6 Å². The third-order valence-corrected chi connectivity index (χ3v) is 8.30. The number of carbonyl (C=O) groups excluding carboxylic acids is 1. The molecule has 0 saturated heterocycles. The number of nitrogens with one attached hydrogen (secondary N) is 2. The van der Waals surface area contributed by atoms with Crippen molar-refractivity contribution in [3.8, 4) is 5.75 Å². The summed E-state index contributed by atoms with van der Waals surface area (Å²) in [5.41, 5.74) is 16.1. The topological polar surface area (TPSA) is 141 Å². The zero-order valence-electron chi connectivity index (χ0n) is 25.1. The molecule has 0 saturated carbocycles. The number of amides is 1. The predicted octanol–water partition coefficient (Wildman–Crippen LogP) is 6.62. The Kier molecular flexibility index (Phi) is 11.2. The Morgan fingerprint density at radius 2 is 1.79 bits per heavy atom. The van der Waals surface area contributed by atoms with E-state index in [1.54, 1.807) is 24.3 Å². The molecule has 4 aromatic carbocycles. The van der Waals surface area contributed by atoms with E-state index in [2.05, 4.69) is 36.8 Å². The van der Waals surface area contributed by atoms with Crippen molar-refractivity contribution in [2.75, 3.05) is 13.2 Å². The Balaban J connectivity index is 1.56. The van der Waals surface area contributed by atoms with Gasteiger partial charge >= 0.3 is 0 Å². The highest BCUT2D eigenvalue weighted by atomic mass is 79.9. The molecule has 1 aliphatic rings. The number of nitrogens with zero attached hydrogens (tertiary/aromatic N) is 4. The van der Waals surface area contributed by atoms with Gasteiger partial charge in [-0.05, 0) is 64.7 Å². The first-order valence-corrected chi connectivity index (χ1v) is 15.5. The van der Waals surface area contributed by atoms with Crippen LogP contribution in [-0.4, -0.2) is 35.7 Å². The van der Waals surface area contributed by atoms with Gasteiger partial charge in [-0.25, -0.2) is 19.2 Å². The third kappa shape index (κ3) is 7.95. The van der Waals surface area contributed by atoms with E-state index in [9.17, 15) is 13.6 Å². The van der Waals surface area contributed by atoms with E-state index >= 15 is 0 Å². The average Bonchev–Trinajstić information content (AvgIpc) is 3.46. The summed E-state index contributed by atoms with van der Waals surface area (Å²) >= 11 is 3.62. The lowest BCUT2D eigenvalue weighted by molar-refractivity contribution is -0.130. The van der Waals surface area contributed by atoms with Gasteiger partial charge in [-0.3, -0.25) is 10.2 Å². The zero-order valence-corrected chi connectivity index (χ0v) is 26.7. The smallest absolute Gasteiger partial charge is 0.266 e. The van der Waals surface area contributed by atoms with Crippen molar-refractivity contribution in [3.63, 3.8) is 0 Å². The van der Waals surface area contributed by atoms with Gasteiger partial charge in [0.2, 0.25) is 5.90 Å². The number of benzene rings is 4. The minimum absolute atomic E-state index is 0.00135. The van der Waals surface area contributed by atoms with Gasteiger partial charge in [0.25, 0.3) is 5.91 Å². The summed E-state index contributed by atoms with van der Waals surface area (Å²) in [7, 11) is 0. The molecule has 2 atom stereocenters. The highest BCUT2D eigenvalue weighted by molar-refractivity contribution is 9.10. The Labute approximate surface area is 278 Å². The molecule has 47 heavy (non-hydrogen) atoms. The second kappa shape index (κ2) is 15.7. The molecule has 1 amide bonds. The Hall–Kier alpha value is -4.81. The normalized spacial score (nSPS) is 16.9. The van der Waals surface area contributed by atoms with Crippen LogP contribution in [0, 0.1) is 11.6 Å². The number of aliphatic hydroxyl groups is 1. The lowest BCUT2D eigenvalue weighted by Gasteiger charge is -2.32. The number of hydrazine groups is 1. The summed E-state index contributed by atoms with van der Waals surface area (Å²) in [6, 6.07) is 25.2. The van der Waals surface area contributed by atoms with Gasteiger partial charge in [0.15, 0.2) is 23.3 Å². The molecule has 0 bridgehead atoms. The average molecular weight is 706 g/mol. The molecule has 242 valence electrons. The molecule has 0 fully saturated rings. The summed E-state index contributed by atoms with van der Waals surface area (Å²) in [5, 5.41) is 12.8. The fourth-order valence-corrected chi connectivity index (χ4v) is 5.71. The van der Waals surface area contributed by atoms with Crippen LogP contribution in [0.1, 0.15) is 40.3 Å². The van der Waals surface area contributed by atoms with Crippen molar-refractivity contribution in [2.24, 2.45) is 10.1 Å². The monoisotopic (exact) mass is 704 g/mol. The zero-order chi connectivity index (χ0) is 33.2. The number of hydrogen-bond acceptors (Lipinski definition) is 7. The molecule has 0 radical (unpaired) electrons. The molecule has 1 heterocycles. The van der Waals surface area contributed by atoms with Crippen LogP contribution in [0.25, 0.3) is 10.4 Å². The van der Waals surface area contributed by atoms with Crippen LogP contribution in [0.3, 0.4) is 0 Å².